The van der Waals surface area contributed by atoms with Gasteiger partial charge in [0.05, 0.1) is 26.4 Å². The molecule has 5 atom stereocenters. The fourth-order valence-corrected chi connectivity index (χ4v) is 12.4. The van der Waals surface area contributed by atoms with Crippen LogP contribution in [0.5, 0.6) is 0 Å². The fraction of sp³-hybridized carbons (Fsp3) is 0.867. The standard InChI is InChI=1S/C75H140O17P2/c1-5-9-13-17-21-25-29-31-33-34-36-38-42-44-48-52-56-60-73(78)86-66-71(92-75(80)62-58-54-50-46-40-28-24-20-16-12-8-4)68-90-94(83,84)88-64-69(76)63-87-93(81,82)89-67-70(91-74(79)61-57-53-49-45-39-27-23-19-15-11-7-3)65-85-72(77)59-55-51-47-43-41-37-35-32-30-26-22-18-14-10-6-2/h9,13,21,25,31,33,69-71,76H,5-8,10-12,14-20,22-24,26-30,32,34-68H2,1-4H3,(H,81,82)(H,83,84)/b13-9-,25-21-,33-31-. The summed E-state index contributed by atoms with van der Waals surface area (Å²) in [6.45, 7) is 4.82. The van der Waals surface area contributed by atoms with Crippen LogP contribution in [0.15, 0.2) is 36.5 Å². The van der Waals surface area contributed by atoms with E-state index in [0.717, 1.165) is 135 Å². The van der Waals surface area contributed by atoms with Gasteiger partial charge in [0.2, 0.25) is 0 Å². The van der Waals surface area contributed by atoms with Crippen molar-refractivity contribution in [3.8, 4) is 0 Å². The molecule has 19 heteroatoms. The maximum absolute atomic E-state index is 13.0. The maximum Gasteiger partial charge on any atom is 0.472 e. The molecule has 0 aliphatic heterocycles. The van der Waals surface area contributed by atoms with Gasteiger partial charge < -0.3 is 33.8 Å². The third kappa shape index (κ3) is 67.8. The van der Waals surface area contributed by atoms with Crippen molar-refractivity contribution >= 4 is 39.5 Å². The molecule has 0 saturated heterocycles. The summed E-state index contributed by atoms with van der Waals surface area (Å²) in [7, 11) is -9.92. The summed E-state index contributed by atoms with van der Waals surface area (Å²) in [6.07, 6.45) is 62.8. The average Bonchev–Trinajstić information content (AvgIpc) is 1.32. The molecule has 0 aliphatic carbocycles. The zero-order chi connectivity index (χ0) is 69.0. The number of hydrogen-bond donors (Lipinski definition) is 3. The van der Waals surface area contributed by atoms with E-state index in [9.17, 15) is 43.2 Å². The molecule has 0 aliphatic rings. The number of aliphatic hydroxyl groups excluding tert-OH is 1. The van der Waals surface area contributed by atoms with Gasteiger partial charge in [0.15, 0.2) is 12.2 Å². The van der Waals surface area contributed by atoms with Gasteiger partial charge in [-0.1, -0.05) is 315 Å². The number of phosphoric acid groups is 2. The molecule has 0 amide bonds. The molecule has 3 N–H and O–H groups in total. The van der Waals surface area contributed by atoms with E-state index < -0.39 is 97.5 Å². The lowest BCUT2D eigenvalue weighted by molar-refractivity contribution is -0.161. The van der Waals surface area contributed by atoms with Crippen molar-refractivity contribution in [3.63, 3.8) is 0 Å². The number of esters is 4. The first-order chi connectivity index (χ1) is 45.7. The topological polar surface area (TPSA) is 237 Å². The molecule has 17 nitrogen and oxygen atoms in total. The molecule has 0 spiro atoms. The molecule has 0 heterocycles. The van der Waals surface area contributed by atoms with E-state index in [0.29, 0.717) is 25.7 Å². The lowest BCUT2D eigenvalue weighted by Crippen LogP contribution is -2.30. The number of hydrogen-bond acceptors (Lipinski definition) is 15. The summed E-state index contributed by atoms with van der Waals surface area (Å²) in [5.41, 5.74) is 0. The zero-order valence-electron chi connectivity index (χ0n) is 60.2. The van der Waals surface area contributed by atoms with Crippen molar-refractivity contribution in [2.75, 3.05) is 39.6 Å². The van der Waals surface area contributed by atoms with Crippen LogP contribution in [0.4, 0.5) is 0 Å². The van der Waals surface area contributed by atoms with Gasteiger partial charge in [0.1, 0.15) is 19.3 Å². The van der Waals surface area contributed by atoms with Gasteiger partial charge in [-0.2, -0.15) is 0 Å². The van der Waals surface area contributed by atoms with Gasteiger partial charge in [-0.15, -0.1) is 0 Å². The van der Waals surface area contributed by atoms with Crippen molar-refractivity contribution < 1.29 is 80.2 Å². The monoisotopic (exact) mass is 1370 g/mol. The van der Waals surface area contributed by atoms with Crippen molar-refractivity contribution in [1.82, 2.24) is 0 Å². The number of aliphatic hydroxyl groups is 1. The van der Waals surface area contributed by atoms with Crippen molar-refractivity contribution in [2.45, 2.75) is 380 Å². The summed E-state index contributed by atoms with van der Waals surface area (Å²) >= 11 is 0. The van der Waals surface area contributed by atoms with Crippen LogP contribution in [0, 0.1) is 0 Å². The van der Waals surface area contributed by atoms with E-state index in [1.54, 1.807) is 0 Å². The van der Waals surface area contributed by atoms with Crippen molar-refractivity contribution in [3.05, 3.63) is 36.5 Å². The third-order valence-corrected chi connectivity index (χ3v) is 18.6. The van der Waals surface area contributed by atoms with Gasteiger partial charge in [-0.3, -0.25) is 37.3 Å². The fourth-order valence-electron chi connectivity index (χ4n) is 10.8. The smallest absolute Gasteiger partial charge is 0.462 e. The molecule has 0 aromatic rings. The molecular formula is C75H140O17P2. The van der Waals surface area contributed by atoms with E-state index in [-0.39, 0.29) is 25.7 Å². The minimum Gasteiger partial charge on any atom is -0.462 e. The van der Waals surface area contributed by atoms with E-state index in [4.69, 9.17) is 37.0 Å². The highest BCUT2D eigenvalue weighted by Gasteiger charge is 2.30. The summed E-state index contributed by atoms with van der Waals surface area (Å²) in [5.74, 6) is -2.14. The molecule has 5 unspecified atom stereocenters. The largest absolute Gasteiger partial charge is 0.472 e. The normalized spacial score (nSPS) is 14.2. The first-order valence-corrected chi connectivity index (χ1v) is 41.2. The van der Waals surface area contributed by atoms with Crippen LogP contribution in [0.25, 0.3) is 0 Å². The lowest BCUT2D eigenvalue weighted by Gasteiger charge is -2.21. The number of rotatable bonds is 73. The maximum atomic E-state index is 13.0. The number of carbonyl (C=O) groups excluding carboxylic acids is 4. The Bertz CT molecular complexity index is 1930. The Morgan fingerprint density at radius 1 is 0.309 bits per heavy atom. The highest BCUT2D eigenvalue weighted by atomic mass is 31.2. The van der Waals surface area contributed by atoms with Crippen LogP contribution in [0.3, 0.4) is 0 Å². The molecule has 552 valence electrons. The third-order valence-electron chi connectivity index (χ3n) is 16.6. The first-order valence-electron chi connectivity index (χ1n) is 38.2. The molecule has 0 fully saturated rings. The van der Waals surface area contributed by atoms with Crippen molar-refractivity contribution in [1.29, 1.82) is 0 Å². The van der Waals surface area contributed by atoms with Crippen LogP contribution >= 0.6 is 15.6 Å². The second-order valence-electron chi connectivity index (χ2n) is 25.9. The number of phosphoric ester groups is 2. The van der Waals surface area contributed by atoms with Gasteiger partial charge >= 0.3 is 39.5 Å². The molecule has 0 aromatic carbocycles. The highest BCUT2D eigenvalue weighted by molar-refractivity contribution is 7.47. The SMILES string of the molecule is CC/C=C\C/C=C\C/C=C\CCCCCCCCCC(=O)OCC(COP(=O)(O)OCC(O)COP(=O)(O)OCC(COC(=O)CCCCCCCCCCCCCCCCC)OC(=O)CCCCCCCCCCCCC)OC(=O)CCCCCCCCCCCCC. The Kier molecular flexibility index (Phi) is 66.8. The molecular weight excluding hydrogens is 1230 g/mol. The predicted molar refractivity (Wildman–Crippen MR) is 381 cm³/mol. The Morgan fingerprint density at radius 2 is 0.553 bits per heavy atom. The van der Waals surface area contributed by atoms with Crippen molar-refractivity contribution in [2.24, 2.45) is 0 Å². The summed E-state index contributed by atoms with van der Waals surface area (Å²) in [6, 6.07) is 0. The van der Waals surface area contributed by atoms with Gasteiger partial charge in [-0.05, 0) is 57.8 Å². The number of unbranched alkanes of at least 4 members (excludes halogenated alkanes) is 41. The average molecular weight is 1380 g/mol. The van der Waals surface area contributed by atoms with Crippen LogP contribution in [0.1, 0.15) is 362 Å². The van der Waals surface area contributed by atoms with Crippen LogP contribution in [0.2, 0.25) is 0 Å². The lowest BCUT2D eigenvalue weighted by atomic mass is 10.0. The molecule has 0 radical (unpaired) electrons. The summed E-state index contributed by atoms with van der Waals surface area (Å²) in [4.78, 5) is 72.7. The Balaban J connectivity index is 5.24. The van der Waals surface area contributed by atoms with E-state index >= 15 is 0 Å². The minimum atomic E-state index is -4.96. The second-order valence-corrected chi connectivity index (χ2v) is 28.8. The quantitative estimate of drug-likeness (QED) is 0.0169. The number of ether oxygens (including phenoxy) is 4. The van der Waals surface area contributed by atoms with E-state index in [1.165, 1.54) is 148 Å². The predicted octanol–water partition coefficient (Wildman–Crippen LogP) is 21.6. The number of allylic oxidation sites excluding steroid dienone is 6. The van der Waals surface area contributed by atoms with Gasteiger partial charge in [0, 0.05) is 25.7 Å². The zero-order valence-corrected chi connectivity index (χ0v) is 61.9. The number of carbonyl (C=O) groups is 4. The van der Waals surface area contributed by atoms with E-state index in [1.807, 2.05) is 0 Å². The minimum absolute atomic E-state index is 0.101. The van der Waals surface area contributed by atoms with Gasteiger partial charge in [-0.25, -0.2) is 9.13 Å². The Labute approximate surface area is 573 Å². The Morgan fingerprint density at radius 3 is 0.851 bits per heavy atom. The van der Waals surface area contributed by atoms with Crippen LogP contribution < -0.4 is 0 Å². The van der Waals surface area contributed by atoms with Crippen LogP contribution in [-0.2, 0) is 65.4 Å². The summed E-state index contributed by atoms with van der Waals surface area (Å²) < 4.78 is 68.4. The highest BCUT2D eigenvalue weighted by Crippen LogP contribution is 2.45. The van der Waals surface area contributed by atoms with E-state index in [2.05, 4.69) is 64.2 Å². The van der Waals surface area contributed by atoms with Gasteiger partial charge in [0.25, 0.3) is 0 Å². The molecule has 0 rings (SSSR count). The molecule has 0 aromatic heterocycles. The summed E-state index contributed by atoms with van der Waals surface area (Å²) in [5, 5.41) is 10.6. The first kappa shape index (κ1) is 91.3. The molecule has 94 heavy (non-hydrogen) atoms. The Hall–Kier alpha value is -2.72. The molecule has 0 saturated carbocycles. The second kappa shape index (κ2) is 68.8. The van der Waals surface area contributed by atoms with Crippen LogP contribution in [-0.4, -0.2) is 96.7 Å². The molecule has 0 bridgehead atoms.